The first kappa shape index (κ1) is 18.4. The number of carbonyl (C=O) groups is 3. The number of amides is 3. The van der Waals surface area contributed by atoms with Crippen molar-refractivity contribution in [3.05, 3.63) is 40.9 Å². The van der Waals surface area contributed by atoms with Gasteiger partial charge in [0.15, 0.2) is 5.13 Å². The van der Waals surface area contributed by atoms with Crippen LogP contribution in [0.25, 0.3) is 0 Å². The van der Waals surface area contributed by atoms with Crippen LogP contribution in [0.15, 0.2) is 29.6 Å². The molecule has 9 heteroatoms. The van der Waals surface area contributed by atoms with E-state index in [9.17, 15) is 14.4 Å². The van der Waals surface area contributed by atoms with E-state index in [1.807, 2.05) is 0 Å². The molecule has 1 aromatic heterocycles. The van der Waals surface area contributed by atoms with E-state index >= 15 is 0 Å². The van der Waals surface area contributed by atoms with Gasteiger partial charge in [-0.2, -0.15) is 0 Å². The molecule has 0 aliphatic heterocycles. The predicted molar refractivity (Wildman–Crippen MR) is 91.9 cm³/mol. The Labute approximate surface area is 148 Å². The molecule has 2 N–H and O–H groups in total. The number of rotatable bonds is 6. The second-order valence-electron chi connectivity index (χ2n) is 4.76. The molecule has 25 heavy (non-hydrogen) atoms. The fraction of sp³-hybridized carbons (Fsp3) is 0.250. The third-order valence-electron chi connectivity index (χ3n) is 2.98. The molecule has 2 aromatic rings. The van der Waals surface area contributed by atoms with Crippen molar-refractivity contribution < 1.29 is 23.9 Å². The average Bonchev–Trinajstić information content (AvgIpc) is 3.01. The van der Waals surface area contributed by atoms with Gasteiger partial charge in [0.2, 0.25) is 0 Å². The number of nitrogens with one attached hydrogen (secondary N) is 2. The lowest BCUT2D eigenvalue weighted by Crippen LogP contribution is -2.34. The van der Waals surface area contributed by atoms with Crippen molar-refractivity contribution >= 4 is 34.4 Å². The van der Waals surface area contributed by atoms with Gasteiger partial charge < -0.3 is 9.47 Å². The van der Waals surface area contributed by atoms with E-state index in [2.05, 4.69) is 15.6 Å². The molecule has 0 saturated carbocycles. The number of ether oxygens (including phenoxy) is 2. The van der Waals surface area contributed by atoms with Crippen molar-refractivity contribution in [2.24, 2.45) is 0 Å². The highest BCUT2D eigenvalue weighted by Crippen LogP contribution is 2.16. The third-order valence-corrected chi connectivity index (χ3v) is 3.79. The van der Waals surface area contributed by atoms with E-state index < -0.39 is 17.9 Å². The first-order valence-electron chi connectivity index (χ1n) is 7.38. The molecule has 2 rings (SSSR count). The van der Waals surface area contributed by atoms with Gasteiger partial charge in [-0.25, -0.2) is 9.78 Å². The Hall–Kier alpha value is -2.94. The zero-order valence-corrected chi connectivity index (χ0v) is 14.5. The van der Waals surface area contributed by atoms with E-state index in [0.29, 0.717) is 23.6 Å². The van der Waals surface area contributed by atoms with E-state index in [0.717, 1.165) is 11.3 Å². The molecule has 3 amide bonds. The number of urea groups is 1. The molecule has 8 nitrogen and oxygen atoms in total. The summed E-state index contributed by atoms with van der Waals surface area (Å²) >= 11 is 1.15. The summed E-state index contributed by atoms with van der Waals surface area (Å²) < 4.78 is 9.83. The zero-order chi connectivity index (χ0) is 18.2. The van der Waals surface area contributed by atoms with Crippen LogP contribution in [0.1, 0.15) is 23.0 Å². The Balaban J connectivity index is 1.88. The second-order valence-corrected chi connectivity index (χ2v) is 5.62. The molecule has 0 aliphatic rings. The number of esters is 1. The number of carbonyl (C=O) groups excluding carboxylic acids is 3. The Morgan fingerprint density at radius 1 is 1.20 bits per heavy atom. The smallest absolute Gasteiger partial charge is 0.327 e. The molecule has 0 aliphatic carbocycles. The Morgan fingerprint density at radius 2 is 1.92 bits per heavy atom. The van der Waals surface area contributed by atoms with Crippen molar-refractivity contribution in [2.45, 2.75) is 13.3 Å². The van der Waals surface area contributed by atoms with Crippen LogP contribution in [0.4, 0.5) is 9.93 Å². The van der Waals surface area contributed by atoms with Crippen LogP contribution in [0.2, 0.25) is 0 Å². The first-order chi connectivity index (χ1) is 12.0. The van der Waals surface area contributed by atoms with Crippen LogP contribution < -0.4 is 15.4 Å². The molecule has 0 fully saturated rings. The molecule has 132 valence electrons. The molecule has 0 saturated heterocycles. The number of hydrogen-bond acceptors (Lipinski definition) is 7. The Bertz CT molecular complexity index is 757. The lowest BCUT2D eigenvalue weighted by atomic mass is 10.2. The maximum Gasteiger partial charge on any atom is 0.327 e. The highest BCUT2D eigenvalue weighted by atomic mass is 32.1. The molecule has 1 aromatic carbocycles. The van der Waals surface area contributed by atoms with Gasteiger partial charge in [0.25, 0.3) is 5.91 Å². The van der Waals surface area contributed by atoms with Gasteiger partial charge in [0, 0.05) is 10.9 Å². The number of anilines is 1. The van der Waals surface area contributed by atoms with Crippen LogP contribution in [-0.2, 0) is 16.0 Å². The summed E-state index contributed by atoms with van der Waals surface area (Å²) in [5.74, 6) is -0.333. The van der Waals surface area contributed by atoms with Crippen LogP contribution >= 0.6 is 11.3 Å². The predicted octanol–water partition coefficient (Wildman–Crippen LogP) is 2.22. The largest absolute Gasteiger partial charge is 0.497 e. The number of thiazole rings is 1. The van der Waals surface area contributed by atoms with Crippen molar-refractivity contribution in [1.82, 2.24) is 10.3 Å². The van der Waals surface area contributed by atoms with E-state index in [4.69, 9.17) is 9.47 Å². The van der Waals surface area contributed by atoms with Gasteiger partial charge in [-0.3, -0.25) is 20.2 Å². The van der Waals surface area contributed by atoms with Crippen molar-refractivity contribution in [3.8, 4) is 5.75 Å². The zero-order valence-electron chi connectivity index (χ0n) is 13.7. The molecule has 0 spiro atoms. The summed E-state index contributed by atoms with van der Waals surface area (Å²) in [6.07, 6.45) is 0.0262. The van der Waals surface area contributed by atoms with Gasteiger partial charge in [-0.15, -0.1) is 11.3 Å². The summed E-state index contributed by atoms with van der Waals surface area (Å²) in [5.41, 5.74) is 0.804. The second kappa shape index (κ2) is 8.78. The number of aromatic nitrogens is 1. The van der Waals surface area contributed by atoms with E-state index in [1.165, 1.54) is 7.11 Å². The highest BCUT2D eigenvalue weighted by Gasteiger charge is 2.13. The summed E-state index contributed by atoms with van der Waals surface area (Å²) in [5, 5.41) is 6.56. The summed E-state index contributed by atoms with van der Waals surface area (Å²) in [6.45, 7) is 2.01. The minimum Gasteiger partial charge on any atom is -0.497 e. The minimum absolute atomic E-state index is 0.0262. The maximum absolute atomic E-state index is 12.0. The van der Waals surface area contributed by atoms with Gasteiger partial charge >= 0.3 is 12.0 Å². The SMILES string of the molecule is CCOC(=O)Cc1csc(NC(=O)NC(=O)c2ccc(OC)cc2)n1. The van der Waals surface area contributed by atoms with Crippen molar-refractivity contribution in [1.29, 1.82) is 0 Å². The summed E-state index contributed by atoms with van der Waals surface area (Å²) in [4.78, 5) is 39.3. The highest BCUT2D eigenvalue weighted by molar-refractivity contribution is 7.13. The monoisotopic (exact) mass is 363 g/mol. The molecule has 0 radical (unpaired) electrons. The quantitative estimate of drug-likeness (QED) is 0.762. The average molecular weight is 363 g/mol. The van der Waals surface area contributed by atoms with Gasteiger partial charge in [-0.05, 0) is 31.2 Å². The number of imide groups is 1. The number of methoxy groups -OCH3 is 1. The van der Waals surface area contributed by atoms with Gasteiger partial charge in [-0.1, -0.05) is 0 Å². The van der Waals surface area contributed by atoms with Crippen LogP contribution in [0.3, 0.4) is 0 Å². The molecule has 0 bridgehead atoms. The summed E-state index contributed by atoms with van der Waals surface area (Å²) in [7, 11) is 1.52. The van der Waals surface area contributed by atoms with Crippen molar-refractivity contribution in [2.75, 3.05) is 19.0 Å². The lowest BCUT2D eigenvalue weighted by Gasteiger charge is -2.05. The Kier molecular flexibility index (Phi) is 6.47. The molecular weight excluding hydrogens is 346 g/mol. The van der Waals surface area contributed by atoms with Gasteiger partial charge in [0.05, 0.1) is 25.8 Å². The van der Waals surface area contributed by atoms with Gasteiger partial charge in [0.1, 0.15) is 5.75 Å². The third kappa shape index (κ3) is 5.57. The molecular formula is C16H17N3O5S. The standard InChI is InChI=1S/C16H17N3O5S/c1-3-24-13(20)8-11-9-25-16(17-11)19-15(22)18-14(21)10-4-6-12(23-2)7-5-10/h4-7,9H,3,8H2,1-2H3,(H2,17,18,19,21,22). The van der Waals surface area contributed by atoms with Crippen LogP contribution in [0.5, 0.6) is 5.75 Å². The first-order valence-corrected chi connectivity index (χ1v) is 8.26. The summed E-state index contributed by atoms with van der Waals surface area (Å²) in [6, 6.07) is 5.62. The topological polar surface area (TPSA) is 107 Å². The minimum atomic E-state index is -0.710. The van der Waals surface area contributed by atoms with Crippen LogP contribution in [0, 0.1) is 0 Å². The Morgan fingerprint density at radius 3 is 2.56 bits per heavy atom. The molecule has 1 heterocycles. The van der Waals surface area contributed by atoms with Crippen LogP contribution in [-0.4, -0.2) is 36.6 Å². The fourth-order valence-electron chi connectivity index (χ4n) is 1.85. The van der Waals surface area contributed by atoms with E-state index in [-0.39, 0.29) is 11.6 Å². The number of hydrogen-bond donors (Lipinski definition) is 2. The van der Waals surface area contributed by atoms with Crippen molar-refractivity contribution in [3.63, 3.8) is 0 Å². The molecule has 0 atom stereocenters. The fourth-order valence-corrected chi connectivity index (χ4v) is 2.56. The maximum atomic E-state index is 12.0. The van der Waals surface area contributed by atoms with E-state index in [1.54, 1.807) is 36.6 Å². The lowest BCUT2D eigenvalue weighted by molar-refractivity contribution is -0.142. The number of nitrogens with zero attached hydrogens (tertiary/aromatic N) is 1. The number of benzene rings is 1. The molecule has 0 unspecified atom stereocenters. The normalized spacial score (nSPS) is 10.0.